The Balaban J connectivity index is 2.91. The number of primary sulfonamides is 1. The molecule has 0 unspecified atom stereocenters. The van der Waals surface area contributed by atoms with Crippen LogP contribution >= 0.6 is 0 Å². The molecule has 0 bridgehead atoms. The van der Waals surface area contributed by atoms with Gasteiger partial charge >= 0.3 is 0 Å². The number of nitrogens with two attached hydrogens (primary N) is 1. The predicted molar refractivity (Wildman–Crippen MR) is 44.4 cm³/mol. The molecule has 6 nitrogen and oxygen atoms in total. The number of rotatable bonds is 1. The number of hydrogen-bond donors (Lipinski definition) is 1. The van der Waals surface area contributed by atoms with Gasteiger partial charge in [-0.25, -0.2) is 18.1 Å². The smallest absolute Gasteiger partial charge is 0.223 e. The summed E-state index contributed by atoms with van der Waals surface area (Å²) in [5.41, 5.74) is 0.589. The number of aromatic nitrogens is 3. The molecule has 0 aliphatic rings. The first-order chi connectivity index (χ1) is 6.09. The van der Waals surface area contributed by atoms with Crippen molar-refractivity contribution in [3.63, 3.8) is 0 Å². The largest absolute Gasteiger partial charge is 0.255 e. The van der Waals surface area contributed by atoms with Gasteiger partial charge in [-0.05, 0) is 12.1 Å². The molecule has 2 rings (SSSR count). The second kappa shape index (κ2) is 2.51. The van der Waals surface area contributed by atoms with Crippen molar-refractivity contribution < 1.29 is 8.42 Å². The molecular weight excluding hydrogens is 192 g/mol. The molecule has 0 spiro atoms. The van der Waals surface area contributed by atoms with Gasteiger partial charge in [-0.2, -0.15) is 0 Å². The van der Waals surface area contributed by atoms with Gasteiger partial charge < -0.3 is 0 Å². The second-order valence-electron chi connectivity index (χ2n) is 2.48. The van der Waals surface area contributed by atoms with E-state index in [9.17, 15) is 8.42 Å². The van der Waals surface area contributed by atoms with Crippen LogP contribution in [0.2, 0.25) is 0 Å². The molecule has 0 saturated carbocycles. The number of pyridine rings is 1. The summed E-state index contributed by atoms with van der Waals surface area (Å²) in [7, 11) is -3.74. The molecule has 0 radical (unpaired) electrons. The van der Waals surface area contributed by atoms with Crippen LogP contribution in [0.4, 0.5) is 0 Å². The van der Waals surface area contributed by atoms with Crippen LogP contribution in [-0.4, -0.2) is 23.2 Å². The standard InChI is InChI=1S/C6H6N4O2S/c7-13(11,12)6-3-1-2-5-4-8-9-10(5)6/h1-4H,(H2,7,11,12). The fourth-order valence-electron chi connectivity index (χ4n) is 1.04. The summed E-state index contributed by atoms with van der Waals surface area (Å²) in [6.45, 7) is 0. The van der Waals surface area contributed by atoms with E-state index < -0.39 is 10.0 Å². The quantitative estimate of drug-likeness (QED) is 0.661. The predicted octanol–water partition coefficient (Wildman–Crippen LogP) is -0.623. The van der Waals surface area contributed by atoms with Crippen LogP contribution in [0.25, 0.3) is 5.52 Å². The van der Waals surface area contributed by atoms with Crippen molar-refractivity contribution >= 4 is 15.5 Å². The molecule has 2 aromatic rings. The van der Waals surface area contributed by atoms with Gasteiger partial charge in [0, 0.05) is 0 Å². The Kier molecular flexibility index (Phi) is 1.57. The van der Waals surface area contributed by atoms with Gasteiger partial charge in [0.2, 0.25) is 0 Å². The van der Waals surface area contributed by atoms with E-state index in [0.29, 0.717) is 5.52 Å². The number of nitrogens with zero attached hydrogens (tertiary/aromatic N) is 3. The van der Waals surface area contributed by atoms with Crippen molar-refractivity contribution in [2.75, 3.05) is 0 Å². The normalized spacial score (nSPS) is 12.1. The zero-order chi connectivity index (χ0) is 9.47. The maximum Gasteiger partial charge on any atom is 0.255 e. The Morgan fingerprint density at radius 2 is 2.15 bits per heavy atom. The fourth-order valence-corrected chi connectivity index (χ4v) is 1.69. The Labute approximate surface area is 74.0 Å². The van der Waals surface area contributed by atoms with E-state index in [1.54, 1.807) is 12.1 Å². The van der Waals surface area contributed by atoms with E-state index in [2.05, 4.69) is 10.3 Å². The van der Waals surface area contributed by atoms with Crippen LogP contribution in [0.1, 0.15) is 0 Å². The van der Waals surface area contributed by atoms with E-state index >= 15 is 0 Å². The Hall–Kier alpha value is -1.47. The summed E-state index contributed by atoms with van der Waals surface area (Å²) in [6.07, 6.45) is 1.45. The minimum Gasteiger partial charge on any atom is -0.223 e. The van der Waals surface area contributed by atoms with Crippen LogP contribution in [-0.2, 0) is 10.0 Å². The molecule has 2 aromatic heterocycles. The van der Waals surface area contributed by atoms with Gasteiger partial charge in [0.1, 0.15) is 0 Å². The third kappa shape index (κ3) is 1.27. The molecule has 7 heteroatoms. The lowest BCUT2D eigenvalue weighted by atomic mass is 10.4. The van der Waals surface area contributed by atoms with Crippen molar-refractivity contribution in [1.82, 2.24) is 14.8 Å². The lowest BCUT2D eigenvalue weighted by molar-refractivity contribution is 0.587. The molecule has 0 atom stereocenters. The van der Waals surface area contributed by atoms with Crippen molar-refractivity contribution in [3.05, 3.63) is 24.4 Å². The fraction of sp³-hybridized carbons (Fsp3) is 0. The first-order valence-electron chi connectivity index (χ1n) is 3.41. The minimum absolute atomic E-state index is 0.0671. The first-order valence-corrected chi connectivity index (χ1v) is 4.96. The number of hydrogen-bond acceptors (Lipinski definition) is 4. The topological polar surface area (TPSA) is 90.4 Å². The Morgan fingerprint density at radius 3 is 2.85 bits per heavy atom. The minimum atomic E-state index is -3.74. The van der Waals surface area contributed by atoms with Gasteiger partial charge in [0.15, 0.2) is 5.03 Å². The highest BCUT2D eigenvalue weighted by atomic mass is 32.2. The molecular formula is C6H6N4O2S. The molecule has 13 heavy (non-hydrogen) atoms. The molecule has 0 aliphatic carbocycles. The summed E-state index contributed by atoms with van der Waals surface area (Å²) in [4.78, 5) is 0. The Morgan fingerprint density at radius 1 is 1.38 bits per heavy atom. The van der Waals surface area contributed by atoms with Crippen molar-refractivity contribution in [1.29, 1.82) is 0 Å². The summed E-state index contributed by atoms with van der Waals surface area (Å²) in [6, 6.07) is 4.64. The lowest BCUT2D eigenvalue weighted by Gasteiger charge is -1.99. The van der Waals surface area contributed by atoms with Crippen molar-refractivity contribution in [3.8, 4) is 0 Å². The highest BCUT2D eigenvalue weighted by molar-refractivity contribution is 7.89. The average molecular weight is 198 g/mol. The molecule has 2 heterocycles. The molecule has 0 aliphatic heterocycles. The van der Waals surface area contributed by atoms with E-state index in [-0.39, 0.29) is 5.03 Å². The summed E-state index contributed by atoms with van der Waals surface area (Å²) in [5, 5.41) is 12.1. The molecule has 68 valence electrons. The first kappa shape index (κ1) is 8.14. The van der Waals surface area contributed by atoms with E-state index in [4.69, 9.17) is 5.14 Å². The maximum atomic E-state index is 11.0. The Bertz CT molecular complexity index is 545. The zero-order valence-corrected chi connectivity index (χ0v) is 7.27. The van der Waals surface area contributed by atoms with Crippen LogP contribution in [0.5, 0.6) is 0 Å². The van der Waals surface area contributed by atoms with Crippen LogP contribution < -0.4 is 5.14 Å². The maximum absolute atomic E-state index is 11.0. The SMILES string of the molecule is NS(=O)(=O)c1cccc2cnnn12. The summed E-state index contributed by atoms with van der Waals surface area (Å²) >= 11 is 0. The van der Waals surface area contributed by atoms with E-state index in [1.165, 1.54) is 16.8 Å². The van der Waals surface area contributed by atoms with E-state index in [1.807, 2.05) is 0 Å². The number of sulfonamides is 1. The number of fused-ring (bicyclic) bond motifs is 1. The van der Waals surface area contributed by atoms with Gasteiger partial charge in [-0.15, -0.1) is 5.10 Å². The van der Waals surface area contributed by atoms with Gasteiger partial charge in [-0.3, -0.25) is 0 Å². The zero-order valence-electron chi connectivity index (χ0n) is 6.45. The third-order valence-electron chi connectivity index (χ3n) is 1.58. The summed E-state index contributed by atoms with van der Waals surface area (Å²) in [5.74, 6) is 0. The third-order valence-corrected chi connectivity index (χ3v) is 2.47. The molecule has 0 aromatic carbocycles. The van der Waals surface area contributed by atoms with Gasteiger partial charge in [-0.1, -0.05) is 11.3 Å². The average Bonchev–Trinajstić information content (AvgIpc) is 2.48. The van der Waals surface area contributed by atoms with Crippen molar-refractivity contribution in [2.45, 2.75) is 5.03 Å². The highest BCUT2D eigenvalue weighted by Crippen LogP contribution is 2.08. The summed E-state index contributed by atoms with van der Waals surface area (Å²) < 4.78 is 23.2. The van der Waals surface area contributed by atoms with Crippen LogP contribution in [0.3, 0.4) is 0 Å². The van der Waals surface area contributed by atoms with Crippen molar-refractivity contribution in [2.24, 2.45) is 5.14 Å². The van der Waals surface area contributed by atoms with Gasteiger partial charge in [0.05, 0.1) is 11.7 Å². The molecule has 0 amide bonds. The lowest BCUT2D eigenvalue weighted by Crippen LogP contribution is -2.16. The van der Waals surface area contributed by atoms with E-state index in [0.717, 1.165) is 0 Å². The molecule has 2 N–H and O–H groups in total. The van der Waals surface area contributed by atoms with Crippen LogP contribution in [0.15, 0.2) is 29.4 Å². The molecule has 0 fully saturated rings. The highest BCUT2D eigenvalue weighted by Gasteiger charge is 2.12. The monoisotopic (exact) mass is 198 g/mol. The van der Waals surface area contributed by atoms with Crippen LogP contribution in [0, 0.1) is 0 Å². The van der Waals surface area contributed by atoms with Gasteiger partial charge in [0.25, 0.3) is 10.0 Å². The second-order valence-corrected chi connectivity index (χ2v) is 3.99. The molecule has 0 saturated heterocycles.